The van der Waals surface area contributed by atoms with Gasteiger partial charge in [-0.2, -0.15) is 0 Å². The molecule has 0 bridgehead atoms. The van der Waals surface area contributed by atoms with Gasteiger partial charge in [-0.3, -0.25) is 14.7 Å². The van der Waals surface area contributed by atoms with Crippen LogP contribution in [0.4, 0.5) is 0 Å². The Morgan fingerprint density at radius 3 is 2.50 bits per heavy atom. The Kier molecular flexibility index (Phi) is 9.27. The first-order chi connectivity index (χ1) is 13.1. The molecule has 0 aromatic carbocycles. The van der Waals surface area contributed by atoms with Crippen LogP contribution >= 0.6 is 24.0 Å². The number of carbonyl (C=O) groups excluding carboxylic acids is 1. The minimum Gasteiger partial charge on any atom is -0.379 e. The quantitative estimate of drug-likeness (QED) is 0.348. The summed E-state index contributed by atoms with van der Waals surface area (Å²) in [6, 6.07) is 0.585. The van der Waals surface area contributed by atoms with E-state index in [0.29, 0.717) is 12.6 Å². The van der Waals surface area contributed by atoms with E-state index in [9.17, 15) is 4.79 Å². The summed E-state index contributed by atoms with van der Waals surface area (Å²) in [5, 5.41) is 3.47. The topological polar surface area (TPSA) is 60.4 Å². The summed E-state index contributed by atoms with van der Waals surface area (Å²) in [6.07, 6.45) is 5.36. The maximum absolute atomic E-state index is 12.8. The Bertz CT molecular complexity index is 531. The molecule has 3 fully saturated rings. The normalized spacial score (nSPS) is 25.5. The largest absolute Gasteiger partial charge is 0.379 e. The van der Waals surface area contributed by atoms with Gasteiger partial charge in [-0.05, 0) is 26.2 Å². The Hall–Kier alpha value is -0.610. The summed E-state index contributed by atoms with van der Waals surface area (Å²) in [4.78, 5) is 24.5. The molecule has 3 aliphatic rings. The molecule has 1 unspecified atom stereocenters. The summed E-state index contributed by atoms with van der Waals surface area (Å²) in [5.41, 5.74) is -0.298. The molecule has 1 atom stereocenters. The van der Waals surface area contributed by atoms with E-state index in [0.717, 1.165) is 77.6 Å². The first-order valence-electron chi connectivity index (χ1n) is 10.6. The molecule has 3 rings (SSSR count). The second-order valence-electron chi connectivity index (χ2n) is 8.39. The lowest BCUT2D eigenvalue weighted by Crippen LogP contribution is -2.47. The number of morpholine rings is 1. The summed E-state index contributed by atoms with van der Waals surface area (Å²) in [7, 11) is 3.73. The molecule has 28 heavy (non-hydrogen) atoms. The van der Waals surface area contributed by atoms with Gasteiger partial charge in [0.25, 0.3) is 0 Å². The van der Waals surface area contributed by atoms with Crippen molar-refractivity contribution < 1.29 is 9.53 Å². The smallest absolute Gasteiger partial charge is 0.230 e. The maximum atomic E-state index is 12.8. The summed E-state index contributed by atoms with van der Waals surface area (Å²) < 4.78 is 5.49. The van der Waals surface area contributed by atoms with Gasteiger partial charge in [0.2, 0.25) is 5.91 Å². The predicted molar refractivity (Wildman–Crippen MR) is 123 cm³/mol. The fourth-order valence-corrected chi connectivity index (χ4v) is 4.79. The number of aliphatic imine (C=N–C) groups is 1. The molecule has 2 heterocycles. The molecule has 0 radical (unpaired) electrons. The minimum atomic E-state index is -0.298. The molecule has 1 aliphatic carbocycles. The Balaban J connectivity index is 0.00000280. The average molecular weight is 507 g/mol. The van der Waals surface area contributed by atoms with Crippen molar-refractivity contribution in [3.8, 4) is 0 Å². The number of guanidine groups is 1. The lowest BCUT2D eigenvalue weighted by Gasteiger charge is -2.32. The third kappa shape index (κ3) is 5.50. The van der Waals surface area contributed by atoms with E-state index < -0.39 is 0 Å². The van der Waals surface area contributed by atoms with E-state index in [-0.39, 0.29) is 35.3 Å². The van der Waals surface area contributed by atoms with Gasteiger partial charge in [0.15, 0.2) is 5.96 Å². The van der Waals surface area contributed by atoms with Gasteiger partial charge in [-0.15, -0.1) is 24.0 Å². The summed E-state index contributed by atoms with van der Waals surface area (Å²) in [6.45, 7) is 9.38. The molecular formula is C20H38IN5O2. The lowest BCUT2D eigenvalue weighted by atomic mass is 9.85. The zero-order chi connectivity index (χ0) is 19.3. The van der Waals surface area contributed by atoms with E-state index in [4.69, 9.17) is 9.73 Å². The van der Waals surface area contributed by atoms with Crippen LogP contribution in [0.2, 0.25) is 0 Å². The monoisotopic (exact) mass is 507 g/mol. The second kappa shape index (κ2) is 11.0. The number of hydrogen-bond acceptors (Lipinski definition) is 4. The van der Waals surface area contributed by atoms with Crippen LogP contribution in [0.3, 0.4) is 0 Å². The number of rotatable bonds is 5. The van der Waals surface area contributed by atoms with E-state index in [1.807, 2.05) is 14.1 Å². The fraction of sp³-hybridized carbons (Fsp3) is 0.900. The van der Waals surface area contributed by atoms with E-state index in [1.54, 1.807) is 4.90 Å². The molecule has 162 valence electrons. The molecular weight excluding hydrogens is 469 g/mol. The van der Waals surface area contributed by atoms with Crippen molar-refractivity contribution in [2.24, 2.45) is 10.4 Å². The SMILES string of the molecule is CCNC(=NCC1(C(=O)N(C)C)CCCC1)N1CCC(N2CCOCC2)C1.I. The van der Waals surface area contributed by atoms with Crippen LogP contribution in [0.15, 0.2) is 4.99 Å². The first-order valence-corrected chi connectivity index (χ1v) is 10.6. The molecule has 0 spiro atoms. The number of amides is 1. The number of halogens is 1. The summed E-state index contributed by atoms with van der Waals surface area (Å²) >= 11 is 0. The summed E-state index contributed by atoms with van der Waals surface area (Å²) in [5.74, 6) is 1.22. The second-order valence-corrected chi connectivity index (χ2v) is 8.39. The maximum Gasteiger partial charge on any atom is 0.230 e. The molecule has 7 nitrogen and oxygen atoms in total. The molecule has 1 amide bonds. The van der Waals surface area contributed by atoms with Gasteiger partial charge in [-0.25, -0.2) is 0 Å². The van der Waals surface area contributed by atoms with Gasteiger partial charge < -0.3 is 19.9 Å². The first kappa shape index (κ1) is 23.7. The molecule has 1 N–H and O–H groups in total. The number of nitrogens with zero attached hydrogens (tertiary/aromatic N) is 4. The number of nitrogens with one attached hydrogen (secondary N) is 1. The van der Waals surface area contributed by atoms with Gasteiger partial charge in [0.05, 0.1) is 25.2 Å². The van der Waals surface area contributed by atoms with Crippen molar-refractivity contribution >= 4 is 35.8 Å². The van der Waals surface area contributed by atoms with Crippen molar-refractivity contribution in [1.82, 2.24) is 20.0 Å². The van der Waals surface area contributed by atoms with Crippen LogP contribution in [0.5, 0.6) is 0 Å². The minimum absolute atomic E-state index is 0. The number of hydrogen-bond donors (Lipinski definition) is 1. The Morgan fingerprint density at radius 2 is 1.89 bits per heavy atom. The fourth-order valence-electron chi connectivity index (χ4n) is 4.79. The van der Waals surface area contributed by atoms with Gasteiger partial charge in [-0.1, -0.05) is 12.8 Å². The van der Waals surface area contributed by atoms with Gasteiger partial charge in [0.1, 0.15) is 0 Å². The highest BCUT2D eigenvalue weighted by atomic mass is 127. The number of carbonyl (C=O) groups is 1. The molecule has 1 saturated carbocycles. The van der Waals surface area contributed by atoms with Crippen LogP contribution in [0, 0.1) is 5.41 Å². The average Bonchev–Trinajstić information content (AvgIpc) is 3.36. The highest BCUT2D eigenvalue weighted by molar-refractivity contribution is 14.0. The van der Waals surface area contributed by atoms with E-state index in [1.165, 1.54) is 6.42 Å². The standard InChI is InChI=1S/C20H37N5O2.HI/c1-4-21-19(22-16-20(8-5-6-9-20)18(26)23(2)3)25-10-7-17(15-25)24-11-13-27-14-12-24;/h17H,4-16H2,1-3H3,(H,21,22);1H. The van der Waals surface area contributed by atoms with Crippen molar-refractivity contribution in [1.29, 1.82) is 0 Å². The van der Waals surface area contributed by atoms with Crippen molar-refractivity contribution in [3.05, 3.63) is 0 Å². The highest BCUT2D eigenvalue weighted by Gasteiger charge is 2.42. The molecule has 8 heteroatoms. The van der Waals surface area contributed by atoms with Gasteiger partial charge in [0, 0.05) is 52.9 Å². The van der Waals surface area contributed by atoms with Crippen LogP contribution in [-0.2, 0) is 9.53 Å². The van der Waals surface area contributed by atoms with E-state index >= 15 is 0 Å². The Morgan fingerprint density at radius 1 is 1.21 bits per heavy atom. The Labute approximate surface area is 187 Å². The lowest BCUT2D eigenvalue weighted by molar-refractivity contribution is -0.138. The predicted octanol–water partition coefficient (Wildman–Crippen LogP) is 1.63. The molecule has 2 saturated heterocycles. The molecule has 2 aliphatic heterocycles. The van der Waals surface area contributed by atoms with Crippen molar-refractivity contribution in [2.45, 2.75) is 45.1 Å². The van der Waals surface area contributed by atoms with Crippen LogP contribution < -0.4 is 5.32 Å². The van der Waals surface area contributed by atoms with E-state index in [2.05, 4.69) is 22.0 Å². The molecule has 0 aromatic heterocycles. The third-order valence-electron chi connectivity index (χ3n) is 6.31. The third-order valence-corrected chi connectivity index (χ3v) is 6.31. The number of likely N-dealkylation sites (tertiary alicyclic amines) is 1. The van der Waals surface area contributed by atoms with Crippen molar-refractivity contribution in [2.75, 3.05) is 66.6 Å². The van der Waals surface area contributed by atoms with Crippen molar-refractivity contribution in [3.63, 3.8) is 0 Å². The highest BCUT2D eigenvalue weighted by Crippen LogP contribution is 2.39. The van der Waals surface area contributed by atoms with Crippen LogP contribution in [0.1, 0.15) is 39.0 Å². The zero-order valence-electron chi connectivity index (χ0n) is 17.8. The van der Waals surface area contributed by atoms with Crippen LogP contribution in [0.25, 0.3) is 0 Å². The number of ether oxygens (including phenoxy) is 1. The zero-order valence-corrected chi connectivity index (χ0v) is 20.1. The van der Waals surface area contributed by atoms with Crippen LogP contribution in [-0.4, -0.2) is 99.2 Å². The molecule has 0 aromatic rings. The van der Waals surface area contributed by atoms with Gasteiger partial charge >= 0.3 is 0 Å².